The molecule has 0 spiro atoms. The molecular formula is C20H25N8O2. The van der Waals surface area contributed by atoms with Crippen LogP contribution in [0.15, 0.2) is 18.7 Å². The van der Waals surface area contributed by atoms with Crippen LogP contribution in [0.25, 0.3) is 22.6 Å². The van der Waals surface area contributed by atoms with Gasteiger partial charge in [0.05, 0.1) is 25.3 Å². The summed E-state index contributed by atoms with van der Waals surface area (Å²) in [5, 5.41) is 3.28. The highest BCUT2D eigenvalue weighted by Gasteiger charge is 2.26. The number of amides is 1. The summed E-state index contributed by atoms with van der Waals surface area (Å²) in [5.74, 6) is 1.95. The van der Waals surface area contributed by atoms with Crippen molar-refractivity contribution < 1.29 is 9.53 Å². The maximum atomic E-state index is 12.9. The highest BCUT2D eigenvalue weighted by atomic mass is 16.5. The normalized spacial score (nSPS) is 15.4. The molecule has 0 saturated carbocycles. The number of carbonyl (C=O) groups is 1. The van der Waals surface area contributed by atoms with Crippen LogP contribution >= 0.6 is 0 Å². The molecule has 1 aliphatic heterocycles. The second-order valence-corrected chi connectivity index (χ2v) is 6.99. The van der Waals surface area contributed by atoms with Crippen LogP contribution in [-0.2, 0) is 16.1 Å². The largest absolute Gasteiger partial charge is 0.377 e. The molecule has 1 atom stereocenters. The van der Waals surface area contributed by atoms with Gasteiger partial charge in [-0.1, -0.05) is 6.92 Å². The van der Waals surface area contributed by atoms with Crippen LogP contribution in [-0.4, -0.2) is 66.1 Å². The minimum absolute atomic E-state index is 0.00496. The third kappa shape index (κ3) is 3.82. The molecule has 1 saturated heterocycles. The summed E-state index contributed by atoms with van der Waals surface area (Å²) >= 11 is 0. The quantitative estimate of drug-likeness (QED) is 0.656. The highest BCUT2D eigenvalue weighted by Crippen LogP contribution is 2.27. The Kier molecular flexibility index (Phi) is 5.84. The van der Waals surface area contributed by atoms with Crippen molar-refractivity contribution in [1.82, 2.24) is 34.4 Å². The van der Waals surface area contributed by atoms with Crippen molar-refractivity contribution in [2.75, 3.05) is 25.1 Å². The van der Waals surface area contributed by atoms with Gasteiger partial charge in [-0.15, -0.1) is 0 Å². The molecular weight excluding hydrogens is 384 g/mol. The summed E-state index contributed by atoms with van der Waals surface area (Å²) in [6.07, 6.45) is 5.61. The Morgan fingerprint density at radius 1 is 1.23 bits per heavy atom. The van der Waals surface area contributed by atoms with Crippen molar-refractivity contribution in [2.45, 2.75) is 39.8 Å². The minimum Gasteiger partial charge on any atom is -0.377 e. The van der Waals surface area contributed by atoms with Crippen LogP contribution in [0.5, 0.6) is 0 Å². The van der Waals surface area contributed by atoms with E-state index in [1.54, 1.807) is 23.8 Å². The molecule has 3 aromatic heterocycles. The lowest BCUT2D eigenvalue weighted by molar-refractivity contribution is -0.133. The average Bonchev–Trinajstić information content (AvgIpc) is 3.17. The summed E-state index contributed by atoms with van der Waals surface area (Å²) in [6, 6.07) is -0.421. The Morgan fingerprint density at radius 2 is 2.03 bits per heavy atom. The van der Waals surface area contributed by atoms with Gasteiger partial charge in [0.2, 0.25) is 5.91 Å². The molecule has 4 heterocycles. The molecule has 0 aliphatic carbocycles. The van der Waals surface area contributed by atoms with E-state index in [4.69, 9.17) is 9.72 Å². The number of hydrogen-bond donors (Lipinski definition) is 1. The number of hydrogen-bond acceptors (Lipinski definition) is 8. The van der Waals surface area contributed by atoms with E-state index in [-0.39, 0.29) is 5.91 Å². The van der Waals surface area contributed by atoms with Crippen molar-refractivity contribution >= 4 is 22.9 Å². The second-order valence-electron chi connectivity index (χ2n) is 6.99. The monoisotopic (exact) mass is 409 g/mol. The van der Waals surface area contributed by atoms with Crippen molar-refractivity contribution in [3.63, 3.8) is 0 Å². The number of morpholine rings is 1. The van der Waals surface area contributed by atoms with Gasteiger partial charge < -0.3 is 19.5 Å². The van der Waals surface area contributed by atoms with Crippen molar-refractivity contribution in [3.8, 4) is 11.4 Å². The van der Waals surface area contributed by atoms with Gasteiger partial charge in [-0.25, -0.2) is 24.9 Å². The number of aromatic nitrogens is 6. The first-order valence-corrected chi connectivity index (χ1v) is 10.1. The zero-order valence-electron chi connectivity index (χ0n) is 17.4. The number of aryl methyl sites for hydroxylation is 2. The molecule has 10 nitrogen and oxygen atoms in total. The lowest BCUT2D eigenvalue weighted by Crippen LogP contribution is -2.45. The molecule has 10 heteroatoms. The molecule has 30 heavy (non-hydrogen) atoms. The van der Waals surface area contributed by atoms with Gasteiger partial charge in [0.15, 0.2) is 17.0 Å². The number of imidazole rings is 1. The van der Waals surface area contributed by atoms with E-state index in [0.29, 0.717) is 55.5 Å². The third-order valence-electron chi connectivity index (χ3n) is 5.08. The van der Waals surface area contributed by atoms with E-state index in [1.807, 2.05) is 25.3 Å². The number of rotatable bonds is 6. The van der Waals surface area contributed by atoms with E-state index in [0.717, 1.165) is 11.4 Å². The van der Waals surface area contributed by atoms with Crippen LogP contribution in [0.4, 0.5) is 5.82 Å². The Bertz CT molecular complexity index is 1030. The van der Waals surface area contributed by atoms with E-state index < -0.39 is 6.04 Å². The molecule has 1 amide bonds. The van der Waals surface area contributed by atoms with E-state index in [1.165, 1.54) is 6.33 Å². The topological polar surface area (TPSA) is 111 Å². The van der Waals surface area contributed by atoms with E-state index >= 15 is 0 Å². The Hall–Kier alpha value is -3.14. The maximum Gasteiger partial charge on any atom is 0.245 e. The van der Waals surface area contributed by atoms with Crippen molar-refractivity contribution in [2.24, 2.45) is 0 Å². The van der Waals surface area contributed by atoms with Crippen LogP contribution < -0.4 is 5.32 Å². The fourth-order valence-corrected chi connectivity index (χ4v) is 3.45. The van der Waals surface area contributed by atoms with Gasteiger partial charge in [-0.3, -0.25) is 4.79 Å². The lowest BCUT2D eigenvalue weighted by Gasteiger charge is -2.30. The lowest BCUT2D eigenvalue weighted by atomic mass is 10.2. The minimum atomic E-state index is -0.421. The molecule has 1 aliphatic rings. The third-order valence-corrected chi connectivity index (χ3v) is 5.08. The molecule has 157 valence electrons. The molecule has 1 N–H and O–H groups in total. The average molecular weight is 409 g/mol. The standard InChI is InChI=1S/C20H25N8O2/c1-4-15(20(29)27-6-8-30-9-7-27)25-17-16-19(24-12-23-17)28(5-2)18(26-16)14-10-21-13(3)22-11-14/h6,10-12,15H,4-5,7-9H2,1-3H3,(H,23,24,25)/t15-/m0/s1. The molecule has 0 bridgehead atoms. The first-order valence-electron chi connectivity index (χ1n) is 10.1. The summed E-state index contributed by atoms with van der Waals surface area (Å²) in [7, 11) is 0. The van der Waals surface area contributed by atoms with E-state index in [9.17, 15) is 4.79 Å². The van der Waals surface area contributed by atoms with Gasteiger partial charge in [0.1, 0.15) is 24.0 Å². The van der Waals surface area contributed by atoms with Crippen molar-refractivity contribution in [3.05, 3.63) is 31.1 Å². The van der Waals surface area contributed by atoms with Crippen LogP contribution in [0, 0.1) is 13.5 Å². The van der Waals surface area contributed by atoms with Crippen molar-refractivity contribution in [1.29, 1.82) is 0 Å². The molecule has 4 rings (SSSR count). The molecule has 0 aromatic carbocycles. The first kappa shape index (κ1) is 20.1. The first-order chi connectivity index (χ1) is 14.6. The number of carbonyl (C=O) groups excluding carboxylic acids is 1. The molecule has 0 unspecified atom stereocenters. The number of nitrogens with zero attached hydrogens (tertiary/aromatic N) is 7. The SMILES string of the molecule is CC[C@H](Nc1ncnc2c1nc(-c1cnc(C)nc1)n2CC)C(=O)N1[CH]COCC1. The summed E-state index contributed by atoms with van der Waals surface area (Å²) in [5.41, 5.74) is 2.12. The Morgan fingerprint density at radius 3 is 2.70 bits per heavy atom. The van der Waals surface area contributed by atoms with Gasteiger partial charge in [-0.05, 0) is 20.3 Å². The molecule has 1 fully saturated rings. The summed E-state index contributed by atoms with van der Waals surface area (Å²) in [6.45, 7) is 9.84. The van der Waals surface area contributed by atoms with Crippen LogP contribution in [0.1, 0.15) is 26.1 Å². The highest BCUT2D eigenvalue weighted by molar-refractivity contribution is 5.90. The fraction of sp³-hybridized carbons (Fsp3) is 0.450. The predicted octanol–water partition coefficient (Wildman–Crippen LogP) is 1.82. The fourth-order valence-electron chi connectivity index (χ4n) is 3.45. The predicted molar refractivity (Wildman–Crippen MR) is 111 cm³/mol. The zero-order valence-corrected chi connectivity index (χ0v) is 17.4. The Balaban J connectivity index is 1.69. The summed E-state index contributed by atoms with van der Waals surface area (Å²) in [4.78, 5) is 36.8. The number of nitrogens with one attached hydrogen (secondary N) is 1. The second kappa shape index (κ2) is 8.70. The smallest absolute Gasteiger partial charge is 0.245 e. The van der Waals surface area contributed by atoms with Gasteiger partial charge in [-0.2, -0.15) is 0 Å². The molecule has 1 radical (unpaired) electrons. The zero-order chi connectivity index (χ0) is 21.1. The van der Waals surface area contributed by atoms with Gasteiger partial charge >= 0.3 is 0 Å². The Labute approximate surface area is 174 Å². The van der Waals surface area contributed by atoms with Crippen LogP contribution in [0.3, 0.4) is 0 Å². The van der Waals surface area contributed by atoms with Gasteiger partial charge in [0.25, 0.3) is 0 Å². The maximum absolute atomic E-state index is 12.9. The van der Waals surface area contributed by atoms with Crippen LogP contribution in [0.2, 0.25) is 0 Å². The molecule has 3 aromatic rings. The summed E-state index contributed by atoms with van der Waals surface area (Å²) < 4.78 is 7.30. The number of fused-ring (bicyclic) bond motifs is 1. The number of ether oxygens (including phenoxy) is 1. The van der Waals surface area contributed by atoms with Gasteiger partial charge in [0, 0.05) is 25.5 Å². The van der Waals surface area contributed by atoms with E-state index in [2.05, 4.69) is 25.3 Å². The number of anilines is 1.